The third-order valence-corrected chi connectivity index (χ3v) is 18.7. The van der Waals surface area contributed by atoms with Crippen molar-refractivity contribution >= 4 is 0 Å². The summed E-state index contributed by atoms with van der Waals surface area (Å²) in [6.45, 7) is 64.6. The molecule has 5 fully saturated rings. The van der Waals surface area contributed by atoms with Crippen molar-refractivity contribution in [2.45, 2.75) is 431 Å². The van der Waals surface area contributed by atoms with Crippen LogP contribution in [-0.2, 0) is 11.8 Å². The van der Waals surface area contributed by atoms with Crippen LogP contribution in [0.5, 0.6) is 0 Å². The van der Waals surface area contributed by atoms with E-state index >= 15 is 0 Å². The Morgan fingerprint density at radius 2 is 0.495 bits per heavy atom. The standard InChI is InChI=1S/C15H16.2C13H24.C13H12.C12H10.C12H24.12C2H6.5CH4/c1-15(2,13-9-5-3-6-10-13)14-11-7-4-8-12-14;3*1-3-7-12(8-4-1)11-13-9-5-2-6-10-13;1-3-7-11(8-4-1)12-9-5-2-6-10-12;1-6-12(5)8-10(2)7-11(3,4)9-12;12*1-2;;;;;/h3-12H,1-2H3;2*12-13H,1-11H2;1-10H,11H2;1-10H;10H,6-9H2,1-5H3;12*1-2H3;5*1H4. The molecular weight excluding hydrogens is 1290 g/mol. The van der Waals surface area contributed by atoms with E-state index in [9.17, 15) is 0 Å². The zero-order valence-corrected chi connectivity index (χ0v) is 74.8. The maximum atomic E-state index is 2.46. The number of hydrogen-bond acceptors (Lipinski definition) is 0. The van der Waals surface area contributed by atoms with Crippen LogP contribution in [0.15, 0.2) is 182 Å². The first-order chi connectivity index (χ1) is 49.9. The second-order valence-corrected chi connectivity index (χ2v) is 26.7. The Labute approximate surface area is 682 Å². The smallest absolute Gasteiger partial charge is 0.0146 e. The predicted octanol–water partition coefficient (Wildman–Crippen LogP) is 39.5. The molecule has 0 radical (unpaired) electrons. The van der Waals surface area contributed by atoms with E-state index in [1.807, 2.05) is 178 Å². The molecule has 2 unspecified atom stereocenters. The Balaban J connectivity index is -0.0000000948. The van der Waals surface area contributed by atoms with Crippen molar-refractivity contribution in [1.29, 1.82) is 0 Å². The van der Waals surface area contributed by atoms with Gasteiger partial charge in [0.05, 0.1) is 0 Å². The first-order valence-corrected chi connectivity index (χ1v) is 44.2. The third kappa shape index (κ3) is 66.8. The SMILES string of the molecule is C.C.C.C.C.C1CCC(CC2CCCCC2)CC1.C1CCC(CC2CCCCC2)CC1.CC.CC.CC.CC.CC.CC.CC.CC.CC.CC.CC.CC.CC(C)(c1ccccc1)c1ccccc1.CCC1(C)CC(C)CC(C)(C)C1.c1ccc(-c2ccccc2)cc1.c1ccc(Cc2ccccc2)cc1. The summed E-state index contributed by atoms with van der Waals surface area (Å²) >= 11 is 0. The van der Waals surface area contributed by atoms with E-state index in [0.29, 0.717) is 10.8 Å². The number of rotatable bonds is 10. The summed E-state index contributed by atoms with van der Waals surface area (Å²) in [4.78, 5) is 0. The van der Waals surface area contributed by atoms with E-state index in [2.05, 4.69) is 218 Å². The Kier molecular flexibility index (Phi) is 115. The molecule has 0 bridgehead atoms. The van der Waals surface area contributed by atoms with Crippen molar-refractivity contribution < 1.29 is 0 Å². The molecule has 107 heavy (non-hydrogen) atoms. The quantitative estimate of drug-likeness (QED) is 0.128. The fourth-order valence-corrected chi connectivity index (χ4v) is 14.6. The lowest BCUT2D eigenvalue weighted by Crippen LogP contribution is -2.34. The van der Waals surface area contributed by atoms with Gasteiger partial charge >= 0.3 is 0 Å². The molecule has 11 rings (SSSR count). The molecule has 5 saturated carbocycles. The maximum absolute atomic E-state index is 2.46. The lowest BCUT2D eigenvalue weighted by Gasteiger charge is -2.45. The molecule has 0 amide bonds. The first kappa shape index (κ1) is 129. The summed E-state index contributed by atoms with van der Waals surface area (Å²) in [5, 5.41) is 0. The number of hydrogen-bond donors (Lipinski definition) is 0. The van der Waals surface area contributed by atoms with Crippen LogP contribution in [0.1, 0.15) is 441 Å². The molecule has 0 heteroatoms. The van der Waals surface area contributed by atoms with Crippen molar-refractivity contribution in [1.82, 2.24) is 0 Å². The van der Waals surface area contributed by atoms with E-state index in [1.54, 1.807) is 64.2 Å². The molecule has 0 nitrogen and oxygen atoms in total. The lowest BCUT2D eigenvalue weighted by atomic mass is 9.60. The minimum Gasteiger partial charge on any atom is -0.0776 e. The van der Waals surface area contributed by atoms with Crippen LogP contribution in [0.3, 0.4) is 0 Å². The molecule has 2 atom stereocenters. The molecular formula is C107H202. The van der Waals surface area contributed by atoms with Gasteiger partial charge in [-0.2, -0.15) is 0 Å². The number of benzene rings is 6. The van der Waals surface area contributed by atoms with Gasteiger partial charge in [-0.15, -0.1) is 0 Å². The summed E-state index contributed by atoms with van der Waals surface area (Å²) in [7, 11) is 0. The topological polar surface area (TPSA) is 0 Å². The molecule has 0 saturated heterocycles. The zero-order chi connectivity index (χ0) is 79.2. The summed E-state index contributed by atoms with van der Waals surface area (Å²) in [5.74, 6) is 5.42. The largest absolute Gasteiger partial charge is 0.0776 e. The van der Waals surface area contributed by atoms with Crippen LogP contribution in [0.4, 0.5) is 0 Å². The molecule has 0 spiro atoms. The van der Waals surface area contributed by atoms with Gasteiger partial charge in [0, 0.05) is 5.41 Å². The van der Waals surface area contributed by atoms with Gasteiger partial charge in [0.15, 0.2) is 0 Å². The van der Waals surface area contributed by atoms with Gasteiger partial charge in [0.1, 0.15) is 0 Å². The van der Waals surface area contributed by atoms with Crippen LogP contribution in [0, 0.1) is 40.4 Å². The van der Waals surface area contributed by atoms with Crippen molar-refractivity contribution in [2.75, 3.05) is 0 Å². The van der Waals surface area contributed by atoms with Gasteiger partial charge in [0.2, 0.25) is 0 Å². The summed E-state index contributed by atoms with van der Waals surface area (Å²) in [6, 6.07) is 63.1. The highest BCUT2D eigenvalue weighted by Gasteiger charge is 2.38. The fourth-order valence-electron chi connectivity index (χ4n) is 14.6. The van der Waals surface area contributed by atoms with Crippen LogP contribution in [0.25, 0.3) is 11.1 Å². The Bertz CT molecular complexity index is 2180. The molecule has 0 N–H and O–H groups in total. The minimum atomic E-state index is 0. The fraction of sp³-hybridized carbons (Fsp3) is 0.664. The van der Waals surface area contributed by atoms with Crippen molar-refractivity contribution in [3.8, 4) is 11.1 Å². The molecule has 0 heterocycles. The molecule has 6 aromatic rings. The Morgan fingerprint density at radius 3 is 0.701 bits per heavy atom. The van der Waals surface area contributed by atoms with E-state index in [4.69, 9.17) is 0 Å². The summed E-state index contributed by atoms with van der Waals surface area (Å²) in [5.41, 5.74) is 9.30. The van der Waals surface area contributed by atoms with Gasteiger partial charge in [-0.1, -0.05) is 569 Å². The monoisotopic (exact) mass is 1490 g/mol. The normalized spacial score (nSPS) is 15.9. The minimum absolute atomic E-state index is 0. The zero-order valence-electron chi connectivity index (χ0n) is 74.8. The van der Waals surface area contributed by atoms with Crippen molar-refractivity contribution in [3.63, 3.8) is 0 Å². The van der Waals surface area contributed by atoms with Gasteiger partial charge < -0.3 is 0 Å². The molecule has 6 aromatic carbocycles. The van der Waals surface area contributed by atoms with E-state index in [0.717, 1.165) is 36.0 Å². The summed E-state index contributed by atoms with van der Waals surface area (Å²) < 4.78 is 0. The van der Waals surface area contributed by atoms with Gasteiger partial charge in [-0.05, 0) is 112 Å². The van der Waals surface area contributed by atoms with Crippen LogP contribution in [0.2, 0.25) is 0 Å². The lowest BCUT2D eigenvalue weighted by molar-refractivity contribution is 0.0581. The Morgan fingerprint density at radius 1 is 0.290 bits per heavy atom. The molecule has 0 aromatic heterocycles. The molecule has 5 aliphatic rings. The van der Waals surface area contributed by atoms with Crippen molar-refractivity contribution in [3.05, 3.63) is 204 Å². The molecule has 630 valence electrons. The molecule has 0 aliphatic heterocycles. The van der Waals surface area contributed by atoms with E-state index < -0.39 is 0 Å². The van der Waals surface area contributed by atoms with E-state index in [1.165, 1.54) is 136 Å². The van der Waals surface area contributed by atoms with Gasteiger partial charge in [-0.25, -0.2) is 0 Å². The van der Waals surface area contributed by atoms with Crippen molar-refractivity contribution in [2.24, 2.45) is 40.4 Å². The average Bonchev–Trinajstić information content (AvgIpc) is 0.819. The predicted molar refractivity (Wildman–Crippen MR) is 513 cm³/mol. The van der Waals surface area contributed by atoms with Crippen LogP contribution >= 0.6 is 0 Å². The maximum Gasteiger partial charge on any atom is 0.0146 e. The highest BCUT2D eigenvalue weighted by atomic mass is 14.4. The second kappa shape index (κ2) is 95.5. The van der Waals surface area contributed by atoms with E-state index in [-0.39, 0.29) is 42.5 Å². The third-order valence-electron chi connectivity index (χ3n) is 18.7. The second-order valence-electron chi connectivity index (χ2n) is 26.7. The average molecular weight is 1490 g/mol. The van der Waals surface area contributed by atoms with Crippen LogP contribution in [-0.4, -0.2) is 0 Å². The first-order valence-electron chi connectivity index (χ1n) is 44.2. The van der Waals surface area contributed by atoms with Crippen LogP contribution < -0.4 is 0 Å². The van der Waals surface area contributed by atoms with Gasteiger partial charge in [-0.3, -0.25) is 0 Å². The Hall–Kier alpha value is -4.68. The highest BCUT2D eigenvalue weighted by Crippen LogP contribution is 2.50. The highest BCUT2D eigenvalue weighted by molar-refractivity contribution is 5.62. The van der Waals surface area contributed by atoms with Gasteiger partial charge in [0.25, 0.3) is 0 Å². The summed E-state index contributed by atoms with van der Waals surface area (Å²) in [6.07, 6.45) is 40.5. The molecule has 5 aliphatic carbocycles.